The molecule has 1 rings (SSSR count). The van der Waals surface area contributed by atoms with E-state index in [9.17, 15) is 4.79 Å². The van der Waals surface area contributed by atoms with Crippen LogP contribution in [0.4, 0.5) is 0 Å². The van der Waals surface area contributed by atoms with Crippen LogP contribution in [0.15, 0.2) is 18.2 Å². The quantitative estimate of drug-likeness (QED) is 0.594. The minimum Gasteiger partial charge on any atom is -0.355 e. The third-order valence-corrected chi connectivity index (χ3v) is 2.45. The van der Waals surface area contributed by atoms with E-state index in [0.29, 0.717) is 13.0 Å². The van der Waals surface area contributed by atoms with E-state index in [1.165, 1.54) is 18.1 Å². The van der Waals surface area contributed by atoms with E-state index in [-0.39, 0.29) is 5.91 Å². The second-order valence-corrected chi connectivity index (χ2v) is 3.78. The lowest BCUT2D eigenvalue weighted by atomic mass is 10.0. The Balaban J connectivity index is 2.56. The molecule has 0 heterocycles. The van der Waals surface area contributed by atoms with E-state index in [2.05, 4.69) is 37.1 Å². The fraction of sp³-hybridized carbons (Fsp3) is 0.357. The summed E-state index contributed by atoms with van der Waals surface area (Å²) in [4.78, 5) is 10.6. The maximum atomic E-state index is 10.6. The molecule has 2 nitrogen and oxygen atoms in total. The highest BCUT2D eigenvalue weighted by Crippen LogP contribution is 2.10. The summed E-state index contributed by atoms with van der Waals surface area (Å²) >= 11 is 0. The summed E-state index contributed by atoms with van der Waals surface area (Å²) in [7, 11) is 0. The highest BCUT2D eigenvalue weighted by atomic mass is 16.1. The molecule has 0 bridgehead atoms. The van der Waals surface area contributed by atoms with Crippen LogP contribution < -0.4 is 5.32 Å². The molecule has 1 aromatic rings. The van der Waals surface area contributed by atoms with Crippen molar-refractivity contribution in [3.63, 3.8) is 0 Å². The summed E-state index contributed by atoms with van der Waals surface area (Å²) in [5.74, 6) is 6.18. The first-order valence-electron chi connectivity index (χ1n) is 5.41. The van der Waals surface area contributed by atoms with E-state index in [4.69, 9.17) is 0 Å². The maximum absolute atomic E-state index is 10.6. The topological polar surface area (TPSA) is 29.1 Å². The minimum atomic E-state index is -0.00599. The maximum Gasteiger partial charge on any atom is 0.216 e. The molecule has 0 radical (unpaired) electrons. The van der Waals surface area contributed by atoms with Crippen molar-refractivity contribution in [1.29, 1.82) is 0 Å². The van der Waals surface area contributed by atoms with Gasteiger partial charge in [0.2, 0.25) is 5.91 Å². The molecule has 84 valence electrons. The summed E-state index contributed by atoms with van der Waals surface area (Å²) in [5.41, 5.74) is 3.56. The summed E-state index contributed by atoms with van der Waals surface area (Å²) in [6.07, 6.45) is 0.687. The highest BCUT2D eigenvalue weighted by molar-refractivity contribution is 5.72. The van der Waals surface area contributed by atoms with Crippen molar-refractivity contribution in [1.82, 2.24) is 5.32 Å². The molecular formula is C14H17NO. The lowest BCUT2D eigenvalue weighted by molar-refractivity contribution is -0.118. The number of amides is 1. The summed E-state index contributed by atoms with van der Waals surface area (Å²) in [5, 5.41) is 2.72. The summed E-state index contributed by atoms with van der Waals surface area (Å²) < 4.78 is 0. The number of benzene rings is 1. The van der Waals surface area contributed by atoms with Gasteiger partial charge in [0, 0.05) is 25.5 Å². The first kappa shape index (κ1) is 12.3. The molecule has 1 N–H and O–H groups in total. The zero-order valence-electron chi connectivity index (χ0n) is 10.1. The standard InChI is InChI=1S/C14H17NO/c1-11-7-6-9-14(12(11)2)8-4-5-10-15-13(3)16/h6-7,9H,5,10H2,1-3H3,(H,15,16). The Morgan fingerprint density at radius 3 is 2.81 bits per heavy atom. The largest absolute Gasteiger partial charge is 0.355 e. The van der Waals surface area contributed by atoms with E-state index >= 15 is 0 Å². The van der Waals surface area contributed by atoms with Crippen molar-refractivity contribution in [3.8, 4) is 11.8 Å². The van der Waals surface area contributed by atoms with Gasteiger partial charge in [-0.25, -0.2) is 0 Å². The number of aryl methyl sites for hydroxylation is 1. The van der Waals surface area contributed by atoms with Crippen molar-refractivity contribution in [2.45, 2.75) is 27.2 Å². The molecule has 0 saturated heterocycles. The molecular weight excluding hydrogens is 198 g/mol. The Hall–Kier alpha value is -1.75. The van der Waals surface area contributed by atoms with Gasteiger partial charge >= 0.3 is 0 Å². The van der Waals surface area contributed by atoms with Crippen molar-refractivity contribution in [2.24, 2.45) is 0 Å². The average molecular weight is 215 g/mol. The molecule has 0 aliphatic heterocycles. The predicted molar refractivity (Wildman–Crippen MR) is 66.1 cm³/mol. The number of carbonyl (C=O) groups is 1. The third-order valence-electron chi connectivity index (χ3n) is 2.45. The number of hydrogen-bond donors (Lipinski definition) is 1. The van der Waals surface area contributed by atoms with Gasteiger partial charge in [0.25, 0.3) is 0 Å². The molecule has 0 unspecified atom stereocenters. The number of carbonyl (C=O) groups excluding carboxylic acids is 1. The monoisotopic (exact) mass is 215 g/mol. The Kier molecular flexibility index (Phi) is 4.60. The van der Waals surface area contributed by atoms with Gasteiger partial charge in [0.1, 0.15) is 0 Å². The van der Waals surface area contributed by atoms with Gasteiger partial charge in [-0.2, -0.15) is 0 Å². The van der Waals surface area contributed by atoms with Crippen molar-refractivity contribution in [2.75, 3.05) is 6.54 Å². The molecule has 0 aliphatic carbocycles. The van der Waals surface area contributed by atoms with E-state index in [1.54, 1.807) is 0 Å². The zero-order chi connectivity index (χ0) is 12.0. The Morgan fingerprint density at radius 2 is 2.12 bits per heavy atom. The molecule has 0 saturated carbocycles. The molecule has 0 fully saturated rings. The second kappa shape index (κ2) is 5.97. The summed E-state index contributed by atoms with van der Waals surface area (Å²) in [6, 6.07) is 6.12. The smallest absolute Gasteiger partial charge is 0.216 e. The van der Waals surface area contributed by atoms with Crippen LogP contribution in [0.5, 0.6) is 0 Å². The van der Waals surface area contributed by atoms with Gasteiger partial charge in [-0.15, -0.1) is 0 Å². The van der Waals surface area contributed by atoms with E-state index in [1.807, 2.05) is 12.1 Å². The normalized spacial score (nSPS) is 9.19. The molecule has 16 heavy (non-hydrogen) atoms. The van der Waals surface area contributed by atoms with E-state index in [0.717, 1.165) is 5.56 Å². The van der Waals surface area contributed by atoms with Crippen molar-refractivity contribution < 1.29 is 4.79 Å². The number of nitrogens with one attached hydrogen (secondary N) is 1. The third kappa shape index (κ3) is 3.78. The highest BCUT2D eigenvalue weighted by Gasteiger charge is 1.95. The Labute approximate surface area is 97.1 Å². The number of rotatable bonds is 2. The van der Waals surface area contributed by atoms with Crippen LogP contribution in [0.25, 0.3) is 0 Å². The van der Waals surface area contributed by atoms with Crippen LogP contribution in [-0.2, 0) is 4.79 Å². The molecule has 0 spiro atoms. The van der Waals surface area contributed by atoms with Gasteiger partial charge in [0.15, 0.2) is 0 Å². The summed E-state index contributed by atoms with van der Waals surface area (Å²) in [6.45, 7) is 6.29. The van der Waals surface area contributed by atoms with Gasteiger partial charge in [-0.1, -0.05) is 24.0 Å². The molecule has 0 aliphatic rings. The molecule has 0 aromatic heterocycles. The molecule has 1 aromatic carbocycles. The SMILES string of the molecule is CC(=O)NCCC#Cc1cccc(C)c1C. The fourth-order valence-electron chi connectivity index (χ4n) is 1.35. The lowest BCUT2D eigenvalue weighted by Gasteiger charge is -2.01. The van der Waals surface area contributed by atoms with Crippen LogP contribution in [0.1, 0.15) is 30.0 Å². The first-order chi connectivity index (χ1) is 7.61. The number of hydrogen-bond acceptors (Lipinski definition) is 1. The lowest BCUT2D eigenvalue weighted by Crippen LogP contribution is -2.20. The van der Waals surface area contributed by atoms with Gasteiger partial charge in [-0.05, 0) is 31.0 Å². The van der Waals surface area contributed by atoms with Crippen LogP contribution in [-0.4, -0.2) is 12.5 Å². The minimum absolute atomic E-state index is 0.00599. The Morgan fingerprint density at radius 1 is 1.38 bits per heavy atom. The van der Waals surface area contributed by atoms with Crippen LogP contribution in [0, 0.1) is 25.7 Å². The van der Waals surface area contributed by atoms with Crippen LogP contribution in [0.2, 0.25) is 0 Å². The van der Waals surface area contributed by atoms with Crippen LogP contribution in [0.3, 0.4) is 0 Å². The average Bonchev–Trinajstić information content (AvgIpc) is 2.23. The molecule has 0 atom stereocenters. The molecule has 2 heteroatoms. The predicted octanol–water partition coefficient (Wildman–Crippen LogP) is 2.18. The first-order valence-corrected chi connectivity index (χ1v) is 5.41. The van der Waals surface area contributed by atoms with Gasteiger partial charge in [-0.3, -0.25) is 4.79 Å². The zero-order valence-corrected chi connectivity index (χ0v) is 10.1. The van der Waals surface area contributed by atoms with E-state index < -0.39 is 0 Å². The van der Waals surface area contributed by atoms with Crippen molar-refractivity contribution in [3.05, 3.63) is 34.9 Å². The fourth-order valence-corrected chi connectivity index (χ4v) is 1.35. The molecule has 1 amide bonds. The van der Waals surface area contributed by atoms with Crippen LogP contribution >= 0.6 is 0 Å². The Bertz CT molecular complexity index is 438. The second-order valence-electron chi connectivity index (χ2n) is 3.78. The van der Waals surface area contributed by atoms with Crippen molar-refractivity contribution >= 4 is 5.91 Å². The van der Waals surface area contributed by atoms with Gasteiger partial charge in [0.05, 0.1) is 0 Å². The van der Waals surface area contributed by atoms with Gasteiger partial charge < -0.3 is 5.32 Å².